The van der Waals surface area contributed by atoms with Gasteiger partial charge in [-0.25, -0.2) is 4.98 Å². The number of nitrogens with one attached hydrogen (secondary N) is 2. The first kappa shape index (κ1) is 17.0. The second-order valence-electron chi connectivity index (χ2n) is 6.12. The third-order valence-electron chi connectivity index (χ3n) is 4.16. The Kier molecular flexibility index (Phi) is 5.67. The van der Waals surface area contributed by atoms with Crippen molar-refractivity contribution in [3.05, 3.63) is 66.0 Å². The van der Waals surface area contributed by atoms with E-state index >= 15 is 0 Å². The maximum Gasteiger partial charge on any atom is 0.191 e. The fourth-order valence-corrected chi connectivity index (χ4v) is 2.87. The predicted molar refractivity (Wildman–Crippen MR) is 104 cm³/mol. The van der Waals surface area contributed by atoms with Crippen molar-refractivity contribution in [1.29, 1.82) is 0 Å². The lowest BCUT2D eigenvalue weighted by Gasteiger charge is -2.12. The molecule has 0 atom stereocenters. The van der Waals surface area contributed by atoms with E-state index in [4.69, 9.17) is 0 Å². The lowest BCUT2D eigenvalue weighted by atomic mass is 10.1. The number of imidazole rings is 1. The lowest BCUT2D eigenvalue weighted by molar-refractivity contribution is 0.637. The summed E-state index contributed by atoms with van der Waals surface area (Å²) in [5.74, 6) is 0.831. The van der Waals surface area contributed by atoms with Crippen LogP contribution in [0.3, 0.4) is 0 Å². The normalized spacial score (nSPS) is 11.7. The highest BCUT2D eigenvalue weighted by atomic mass is 15.2. The second kappa shape index (κ2) is 8.33. The molecular formula is C20H25N5. The number of guanidine groups is 1. The number of nitrogens with zero attached hydrogens (tertiary/aromatic N) is 3. The molecule has 0 spiro atoms. The Morgan fingerprint density at radius 2 is 2.00 bits per heavy atom. The van der Waals surface area contributed by atoms with E-state index in [9.17, 15) is 0 Å². The van der Waals surface area contributed by atoms with Crippen molar-refractivity contribution in [2.45, 2.75) is 26.4 Å². The number of aryl methyl sites for hydroxylation is 2. The van der Waals surface area contributed by atoms with Gasteiger partial charge in [0.05, 0.1) is 17.4 Å². The Hall–Kier alpha value is -2.82. The average Bonchev–Trinajstić information content (AvgIpc) is 3.04. The molecule has 0 saturated heterocycles. The quantitative estimate of drug-likeness (QED) is 0.413. The van der Waals surface area contributed by atoms with Crippen LogP contribution in [0, 0.1) is 6.92 Å². The van der Waals surface area contributed by atoms with E-state index in [1.165, 1.54) is 16.6 Å². The van der Waals surface area contributed by atoms with Gasteiger partial charge in [-0.15, -0.1) is 0 Å². The molecule has 3 aromatic rings. The average molecular weight is 335 g/mol. The molecule has 0 unspecified atom stereocenters. The monoisotopic (exact) mass is 335 g/mol. The highest BCUT2D eigenvalue weighted by molar-refractivity contribution is 5.79. The van der Waals surface area contributed by atoms with Crippen molar-refractivity contribution in [3.63, 3.8) is 0 Å². The van der Waals surface area contributed by atoms with Crippen molar-refractivity contribution in [3.8, 4) is 0 Å². The van der Waals surface area contributed by atoms with E-state index < -0.39 is 0 Å². The van der Waals surface area contributed by atoms with Crippen molar-refractivity contribution in [2.75, 3.05) is 13.6 Å². The summed E-state index contributed by atoms with van der Waals surface area (Å²) in [6.07, 6.45) is 2.92. The van der Waals surface area contributed by atoms with Crippen LogP contribution in [0.4, 0.5) is 0 Å². The van der Waals surface area contributed by atoms with Gasteiger partial charge < -0.3 is 15.2 Å². The van der Waals surface area contributed by atoms with Gasteiger partial charge in [0.1, 0.15) is 0 Å². The van der Waals surface area contributed by atoms with Crippen LogP contribution in [0.1, 0.15) is 17.5 Å². The molecule has 0 radical (unpaired) electrons. The van der Waals surface area contributed by atoms with Gasteiger partial charge in [0, 0.05) is 26.7 Å². The maximum atomic E-state index is 4.43. The molecule has 5 heteroatoms. The van der Waals surface area contributed by atoms with Crippen LogP contribution in [0.15, 0.2) is 59.9 Å². The number of rotatable bonds is 6. The van der Waals surface area contributed by atoms with Crippen LogP contribution in [-0.2, 0) is 13.1 Å². The van der Waals surface area contributed by atoms with Crippen molar-refractivity contribution < 1.29 is 0 Å². The second-order valence-corrected chi connectivity index (χ2v) is 6.12. The van der Waals surface area contributed by atoms with Gasteiger partial charge >= 0.3 is 0 Å². The molecule has 0 amide bonds. The smallest absolute Gasteiger partial charge is 0.191 e. The van der Waals surface area contributed by atoms with E-state index in [-0.39, 0.29) is 0 Å². The highest BCUT2D eigenvalue weighted by Crippen LogP contribution is 2.11. The van der Waals surface area contributed by atoms with E-state index in [1.807, 2.05) is 18.5 Å². The van der Waals surface area contributed by atoms with E-state index in [1.54, 1.807) is 7.05 Å². The Balaban J connectivity index is 1.44. The summed E-state index contributed by atoms with van der Waals surface area (Å²) < 4.78 is 2.19. The Labute approximate surface area is 148 Å². The number of benzene rings is 2. The molecule has 0 saturated carbocycles. The number of para-hydroxylation sites is 2. The summed E-state index contributed by atoms with van der Waals surface area (Å²) in [4.78, 5) is 8.71. The number of hydrogen-bond acceptors (Lipinski definition) is 2. The van der Waals surface area contributed by atoms with Gasteiger partial charge in [-0.3, -0.25) is 4.99 Å². The van der Waals surface area contributed by atoms with Crippen molar-refractivity contribution >= 4 is 17.0 Å². The molecular weight excluding hydrogens is 310 g/mol. The summed E-state index contributed by atoms with van der Waals surface area (Å²) in [5, 5.41) is 6.73. The number of aliphatic imine (C=N–C) groups is 1. The molecule has 2 N–H and O–H groups in total. The molecule has 1 heterocycles. The molecule has 0 aliphatic rings. The van der Waals surface area contributed by atoms with Crippen LogP contribution in [-0.4, -0.2) is 29.1 Å². The van der Waals surface area contributed by atoms with E-state index in [0.717, 1.165) is 37.5 Å². The first-order chi connectivity index (χ1) is 12.3. The molecule has 2 aromatic carbocycles. The first-order valence-corrected chi connectivity index (χ1v) is 8.66. The standard InChI is InChI=1S/C20H25N5/c1-16-7-5-8-17(13-16)14-23-20(21-2)22-11-6-12-25-15-24-18-9-3-4-10-19(18)25/h3-5,7-10,13,15H,6,11-12,14H2,1-2H3,(H2,21,22,23). The lowest BCUT2D eigenvalue weighted by Crippen LogP contribution is -2.37. The van der Waals surface area contributed by atoms with Crippen LogP contribution in [0.2, 0.25) is 0 Å². The predicted octanol–water partition coefficient (Wildman–Crippen LogP) is 3.10. The number of fused-ring (bicyclic) bond motifs is 1. The summed E-state index contributed by atoms with van der Waals surface area (Å²) in [6.45, 7) is 4.67. The minimum absolute atomic E-state index is 0.771. The van der Waals surface area contributed by atoms with Crippen LogP contribution >= 0.6 is 0 Å². The summed E-state index contributed by atoms with van der Waals surface area (Å²) in [5.41, 5.74) is 4.76. The Morgan fingerprint density at radius 1 is 1.12 bits per heavy atom. The highest BCUT2D eigenvalue weighted by Gasteiger charge is 2.02. The Morgan fingerprint density at radius 3 is 2.84 bits per heavy atom. The van der Waals surface area contributed by atoms with Crippen molar-refractivity contribution in [1.82, 2.24) is 20.2 Å². The third-order valence-corrected chi connectivity index (χ3v) is 4.16. The first-order valence-electron chi connectivity index (χ1n) is 8.66. The maximum absolute atomic E-state index is 4.43. The molecule has 1 aromatic heterocycles. The fourth-order valence-electron chi connectivity index (χ4n) is 2.87. The van der Waals surface area contributed by atoms with Gasteiger partial charge in [-0.05, 0) is 31.0 Å². The summed E-state index contributed by atoms with van der Waals surface area (Å²) in [6, 6.07) is 16.7. The minimum Gasteiger partial charge on any atom is -0.356 e. The van der Waals surface area contributed by atoms with Crippen LogP contribution < -0.4 is 10.6 Å². The molecule has 25 heavy (non-hydrogen) atoms. The van der Waals surface area contributed by atoms with Crippen LogP contribution in [0.25, 0.3) is 11.0 Å². The largest absolute Gasteiger partial charge is 0.356 e. The number of hydrogen-bond donors (Lipinski definition) is 2. The van der Waals surface area contributed by atoms with E-state index in [0.29, 0.717) is 0 Å². The van der Waals surface area contributed by atoms with Gasteiger partial charge in [-0.1, -0.05) is 42.0 Å². The van der Waals surface area contributed by atoms with Crippen LogP contribution in [0.5, 0.6) is 0 Å². The molecule has 3 rings (SSSR count). The number of aromatic nitrogens is 2. The van der Waals surface area contributed by atoms with Gasteiger partial charge in [0.25, 0.3) is 0 Å². The summed E-state index contributed by atoms with van der Waals surface area (Å²) >= 11 is 0. The molecule has 0 bridgehead atoms. The zero-order chi connectivity index (χ0) is 17.5. The molecule has 0 aliphatic carbocycles. The fraction of sp³-hybridized carbons (Fsp3) is 0.300. The molecule has 0 fully saturated rings. The van der Waals surface area contributed by atoms with Gasteiger partial charge in [0.15, 0.2) is 5.96 Å². The van der Waals surface area contributed by atoms with Gasteiger partial charge in [-0.2, -0.15) is 0 Å². The molecule has 5 nitrogen and oxygen atoms in total. The molecule has 130 valence electrons. The third kappa shape index (κ3) is 4.59. The van der Waals surface area contributed by atoms with Gasteiger partial charge in [0.2, 0.25) is 0 Å². The zero-order valence-electron chi connectivity index (χ0n) is 14.9. The van der Waals surface area contributed by atoms with Crippen molar-refractivity contribution in [2.24, 2.45) is 4.99 Å². The SMILES string of the molecule is CN=C(NCCCn1cnc2ccccc21)NCc1cccc(C)c1. The Bertz CT molecular complexity index is 850. The van der Waals surface area contributed by atoms with E-state index in [2.05, 4.69) is 68.5 Å². The minimum atomic E-state index is 0.771. The zero-order valence-corrected chi connectivity index (χ0v) is 14.9. The topological polar surface area (TPSA) is 54.2 Å². The summed E-state index contributed by atoms with van der Waals surface area (Å²) in [7, 11) is 1.80. The molecule has 0 aliphatic heterocycles.